The monoisotopic (exact) mass is 431 g/mol. The van der Waals surface area contributed by atoms with E-state index in [0.29, 0.717) is 18.1 Å². The number of hydrogen-bond donors (Lipinski definition) is 0. The standard InChI is InChI=1S/C23H21N5O2S/c1-30-17-8-6-16(7-9-17)19-14-21(25-15-24-19)27-10-12-28(13-11-27)23(29)22-26-18-4-2-3-5-20(18)31-22/h2-9,14-15H,10-13H2,1H3. The molecule has 1 aliphatic heterocycles. The number of amides is 1. The van der Waals surface area contributed by atoms with Gasteiger partial charge in [0, 0.05) is 37.8 Å². The van der Waals surface area contributed by atoms with E-state index >= 15 is 0 Å². The van der Waals surface area contributed by atoms with Crippen molar-refractivity contribution < 1.29 is 9.53 Å². The van der Waals surface area contributed by atoms with Gasteiger partial charge in [0.15, 0.2) is 5.01 Å². The zero-order valence-corrected chi connectivity index (χ0v) is 17.9. The molecule has 1 aliphatic rings. The molecular formula is C23H21N5O2S. The number of rotatable bonds is 4. The van der Waals surface area contributed by atoms with Crippen molar-refractivity contribution >= 4 is 33.3 Å². The molecule has 31 heavy (non-hydrogen) atoms. The Bertz CT molecular complexity index is 1180. The van der Waals surface area contributed by atoms with E-state index in [1.165, 1.54) is 11.3 Å². The minimum atomic E-state index is 0.00228. The maximum Gasteiger partial charge on any atom is 0.282 e. The number of piperazine rings is 1. The van der Waals surface area contributed by atoms with E-state index in [9.17, 15) is 4.79 Å². The predicted octanol–water partition coefficient (Wildman–Crippen LogP) is 3.72. The Hall–Kier alpha value is -3.52. The van der Waals surface area contributed by atoms with Crippen LogP contribution in [0.3, 0.4) is 0 Å². The molecule has 0 aliphatic carbocycles. The molecule has 0 radical (unpaired) electrons. The van der Waals surface area contributed by atoms with Crippen molar-refractivity contribution in [1.82, 2.24) is 19.9 Å². The third kappa shape index (κ3) is 3.94. The van der Waals surface area contributed by atoms with Gasteiger partial charge in [-0.05, 0) is 36.4 Å². The first-order valence-electron chi connectivity index (χ1n) is 10.1. The zero-order chi connectivity index (χ0) is 21.2. The number of carbonyl (C=O) groups is 1. The van der Waals surface area contributed by atoms with Gasteiger partial charge in [0.25, 0.3) is 5.91 Å². The van der Waals surface area contributed by atoms with Crippen LogP contribution in [-0.2, 0) is 0 Å². The normalized spacial score (nSPS) is 14.1. The molecule has 0 N–H and O–H groups in total. The first-order valence-corrected chi connectivity index (χ1v) is 10.9. The fraction of sp³-hybridized carbons (Fsp3) is 0.217. The molecule has 5 rings (SSSR count). The molecule has 156 valence electrons. The molecule has 1 amide bonds. The number of methoxy groups -OCH3 is 1. The van der Waals surface area contributed by atoms with Crippen molar-refractivity contribution in [2.45, 2.75) is 0 Å². The molecule has 8 heteroatoms. The Kier molecular flexibility index (Phi) is 5.21. The smallest absolute Gasteiger partial charge is 0.282 e. The lowest BCUT2D eigenvalue weighted by molar-refractivity contribution is 0.0746. The predicted molar refractivity (Wildman–Crippen MR) is 122 cm³/mol. The van der Waals surface area contributed by atoms with E-state index in [1.54, 1.807) is 13.4 Å². The van der Waals surface area contributed by atoms with E-state index < -0.39 is 0 Å². The Labute approximate surface area is 184 Å². The van der Waals surface area contributed by atoms with Crippen LogP contribution in [0.15, 0.2) is 60.9 Å². The summed E-state index contributed by atoms with van der Waals surface area (Å²) in [6, 6.07) is 17.7. The van der Waals surface area contributed by atoms with Crippen molar-refractivity contribution in [2.75, 3.05) is 38.2 Å². The second-order valence-corrected chi connectivity index (χ2v) is 8.29. The summed E-state index contributed by atoms with van der Waals surface area (Å²) in [7, 11) is 1.65. The number of benzene rings is 2. The van der Waals surface area contributed by atoms with Crippen LogP contribution >= 0.6 is 11.3 Å². The van der Waals surface area contributed by atoms with Crippen LogP contribution in [0.2, 0.25) is 0 Å². The molecular weight excluding hydrogens is 410 g/mol. The highest BCUT2D eigenvalue weighted by Crippen LogP contribution is 2.25. The average molecular weight is 432 g/mol. The van der Waals surface area contributed by atoms with Gasteiger partial charge in [0.1, 0.15) is 17.9 Å². The molecule has 0 atom stereocenters. The van der Waals surface area contributed by atoms with Crippen LogP contribution in [0.25, 0.3) is 21.5 Å². The van der Waals surface area contributed by atoms with Gasteiger partial charge in [0.2, 0.25) is 0 Å². The van der Waals surface area contributed by atoms with Crippen LogP contribution in [-0.4, -0.2) is 59.0 Å². The van der Waals surface area contributed by atoms with Crippen LogP contribution < -0.4 is 9.64 Å². The van der Waals surface area contributed by atoms with E-state index in [2.05, 4.69) is 19.9 Å². The van der Waals surface area contributed by atoms with Gasteiger partial charge in [-0.15, -0.1) is 11.3 Å². The summed E-state index contributed by atoms with van der Waals surface area (Å²) >= 11 is 1.45. The summed E-state index contributed by atoms with van der Waals surface area (Å²) in [6.07, 6.45) is 1.59. The highest BCUT2D eigenvalue weighted by atomic mass is 32.1. The molecule has 0 spiro atoms. The third-order valence-corrected chi connectivity index (χ3v) is 6.43. The van der Waals surface area contributed by atoms with Crippen molar-refractivity contribution in [3.05, 3.63) is 65.9 Å². The molecule has 2 aromatic heterocycles. The number of nitrogens with zero attached hydrogens (tertiary/aromatic N) is 5. The summed E-state index contributed by atoms with van der Waals surface area (Å²) in [4.78, 5) is 30.4. The van der Waals surface area contributed by atoms with Gasteiger partial charge < -0.3 is 14.5 Å². The molecule has 0 bridgehead atoms. The summed E-state index contributed by atoms with van der Waals surface area (Å²) in [5.41, 5.74) is 2.75. The Morgan fingerprint density at radius 1 is 1.00 bits per heavy atom. The van der Waals surface area contributed by atoms with Gasteiger partial charge in [-0.1, -0.05) is 12.1 Å². The topological polar surface area (TPSA) is 71.5 Å². The fourth-order valence-corrected chi connectivity index (χ4v) is 4.61. The molecule has 0 saturated carbocycles. The average Bonchev–Trinajstić information content (AvgIpc) is 3.28. The Morgan fingerprint density at radius 2 is 1.77 bits per heavy atom. The zero-order valence-electron chi connectivity index (χ0n) is 17.1. The molecule has 1 fully saturated rings. The number of carbonyl (C=O) groups excluding carboxylic acids is 1. The SMILES string of the molecule is COc1ccc(-c2cc(N3CCN(C(=O)c4nc5ccccc5s4)CC3)ncn2)cc1. The molecule has 7 nitrogen and oxygen atoms in total. The number of thiazole rings is 1. The van der Waals surface area contributed by atoms with Gasteiger partial charge in [-0.2, -0.15) is 0 Å². The number of ether oxygens (including phenoxy) is 1. The van der Waals surface area contributed by atoms with Crippen molar-refractivity contribution in [1.29, 1.82) is 0 Å². The lowest BCUT2D eigenvalue weighted by Crippen LogP contribution is -2.49. The summed E-state index contributed by atoms with van der Waals surface area (Å²) in [6.45, 7) is 2.71. The number of para-hydroxylation sites is 1. The minimum Gasteiger partial charge on any atom is -0.497 e. The lowest BCUT2D eigenvalue weighted by Gasteiger charge is -2.35. The minimum absolute atomic E-state index is 0.00228. The summed E-state index contributed by atoms with van der Waals surface area (Å²) in [5.74, 6) is 1.68. The van der Waals surface area contributed by atoms with Gasteiger partial charge >= 0.3 is 0 Å². The highest BCUT2D eigenvalue weighted by molar-refractivity contribution is 7.20. The number of aromatic nitrogens is 3. The van der Waals surface area contributed by atoms with Crippen LogP contribution in [0.4, 0.5) is 5.82 Å². The quantitative estimate of drug-likeness (QED) is 0.490. The van der Waals surface area contributed by atoms with Crippen molar-refractivity contribution in [3.63, 3.8) is 0 Å². The molecule has 4 aromatic rings. The van der Waals surface area contributed by atoms with E-state index in [-0.39, 0.29) is 5.91 Å². The highest BCUT2D eigenvalue weighted by Gasteiger charge is 2.25. The number of fused-ring (bicyclic) bond motifs is 1. The fourth-order valence-electron chi connectivity index (χ4n) is 3.68. The largest absolute Gasteiger partial charge is 0.497 e. The van der Waals surface area contributed by atoms with Crippen molar-refractivity contribution in [2.24, 2.45) is 0 Å². The molecule has 1 saturated heterocycles. The van der Waals surface area contributed by atoms with Gasteiger partial charge in [-0.3, -0.25) is 4.79 Å². The maximum absolute atomic E-state index is 12.9. The third-order valence-electron chi connectivity index (χ3n) is 5.41. The summed E-state index contributed by atoms with van der Waals surface area (Å²) in [5, 5.41) is 0.554. The second kappa shape index (κ2) is 8.31. The van der Waals surface area contributed by atoms with E-state index in [0.717, 1.165) is 46.1 Å². The molecule has 2 aromatic carbocycles. The second-order valence-electron chi connectivity index (χ2n) is 7.26. The van der Waals surface area contributed by atoms with E-state index in [4.69, 9.17) is 4.74 Å². The van der Waals surface area contributed by atoms with Crippen LogP contribution in [0.1, 0.15) is 9.80 Å². The Balaban J connectivity index is 1.27. The number of hydrogen-bond acceptors (Lipinski definition) is 7. The number of anilines is 1. The first kappa shape index (κ1) is 19.4. The lowest BCUT2D eigenvalue weighted by atomic mass is 10.1. The first-order chi connectivity index (χ1) is 15.2. The molecule has 0 unspecified atom stereocenters. The summed E-state index contributed by atoms with van der Waals surface area (Å²) < 4.78 is 6.26. The van der Waals surface area contributed by atoms with Crippen molar-refractivity contribution in [3.8, 4) is 17.0 Å². The van der Waals surface area contributed by atoms with Crippen LogP contribution in [0.5, 0.6) is 5.75 Å². The molecule has 3 heterocycles. The maximum atomic E-state index is 12.9. The van der Waals surface area contributed by atoms with Gasteiger partial charge in [-0.25, -0.2) is 15.0 Å². The van der Waals surface area contributed by atoms with Crippen LogP contribution in [0, 0.1) is 0 Å². The Morgan fingerprint density at radius 3 is 2.52 bits per heavy atom. The van der Waals surface area contributed by atoms with Gasteiger partial charge in [0.05, 0.1) is 23.0 Å². The van der Waals surface area contributed by atoms with E-state index in [1.807, 2.05) is 59.5 Å².